The predicted molar refractivity (Wildman–Crippen MR) is 83.1 cm³/mol. The maximum atomic E-state index is 12.3. The average Bonchev–Trinajstić information content (AvgIpc) is 2.53. The van der Waals surface area contributed by atoms with Gasteiger partial charge in [-0.2, -0.15) is 0 Å². The van der Waals surface area contributed by atoms with Crippen molar-refractivity contribution in [3.05, 3.63) is 48.0 Å². The van der Waals surface area contributed by atoms with Crippen LogP contribution in [-0.2, 0) is 0 Å². The van der Waals surface area contributed by atoms with E-state index in [1.807, 2.05) is 30.3 Å². The molecule has 0 saturated carbocycles. The van der Waals surface area contributed by atoms with Crippen LogP contribution in [0, 0.1) is 5.92 Å². The lowest BCUT2D eigenvalue weighted by molar-refractivity contribution is 0.0971. The van der Waals surface area contributed by atoms with Crippen molar-refractivity contribution in [1.29, 1.82) is 0 Å². The molecule has 1 atom stereocenters. The summed E-state index contributed by atoms with van der Waals surface area (Å²) in [4.78, 5) is 12.3. The summed E-state index contributed by atoms with van der Waals surface area (Å²) >= 11 is 0. The van der Waals surface area contributed by atoms with Gasteiger partial charge >= 0.3 is 0 Å². The van der Waals surface area contributed by atoms with Crippen LogP contribution in [0.2, 0.25) is 0 Å². The van der Waals surface area contributed by atoms with Crippen LogP contribution in [0.3, 0.4) is 0 Å². The minimum atomic E-state index is 0.279. The van der Waals surface area contributed by atoms with Crippen molar-refractivity contribution < 1.29 is 4.79 Å². The maximum Gasteiger partial charge on any atom is 0.162 e. The summed E-state index contributed by atoms with van der Waals surface area (Å²) in [7, 11) is 0. The molecule has 0 aromatic heterocycles. The van der Waals surface area contributed by atoms with Gasteiger partial charge in [-0.25, -0.2) is 0 Å². The quantitative estimate of drug-likeness (QED) is 0.854. The van der Waals surface area contributed by atoms with Crippen molar-refractivity contribution in [1.82, 2.24) is 5.32 Å². The fraction of sp³-hybridized carbons (Fsp3) is 0.389. The average molecular weight is 267 g/mol. The fourth-order valence-electron chi connectivity index (χ4n) is 3.01. The van der Waals surface area contributed by atoms with E-state index in [4.69, 9.17) is 0 Å². The van der Waals surface area contributed by atoms with Crippen LogP contribution in [0.25, 0.3) is 10.8 Å². The molecule has 2 nitrogen and oxygen atoms in total. The number of benzene rings is 2. The summed E-state index contributed by atoms with van der Waals surface area (Å²) in [5.41, 5.74) is 0.854. The Kier molecular flexibility index (Phi) is 4.12. The fourth-order valence-corrected chi connectivity index (χ4v) is 3.01. The van der Waals surface area contributed by atoms with Gasteiger partial charge in [-0.05, 0) is 55.1 Å². The van der Waals surface area contributed by atoms with Crippen molar-refractivity contribution in [2.75, 3.05) is 13.1 Å². The molecule has 1 saturated heterocycles. The minimum absolute atomic E-state index is 0.279. The van der Waals surface area contributed by atoms with Crippen LogP contribution >= 0.6 is 0 Å². The molecule has 1 aliphatic heterocycles. The molecule has 1 aliphatic rings. The van der Waals surface area contributed by atoms with Crippen molar-refractivity contribution in [3.63, 3.8) is 0 Å². The SMILES string of the molecule is O=C(CCC1CCCNC1)c1ccc2ccccc2c1. The van der Waals surface area contributed by atoms with Crippen LogP contribution in [0.1, 0.15) is 36.0 Å². The van der Waals surface area contributed by atoms with Crippen molar-refractivity contribution >= 4 is 16.6 Å². The van der Waals surface area contributed by atoms with E-state index in [1.54, 1.807) is 0 Å². The Morgan fingerprint density at radius 2 is 2.00 bits per heavy atom. The summed E-state index contributed by atoms with van der Waals surface area (Å²) in [6.45, 7) is 2.21. The number of carbonyl (C=O) groups excluding carboxylic acids is 1. The van der Waals surface area contributed by atoms with E-state index in [0.717, 1.165) is 30.5 Å². The first-order valence-electron chi connectivity index (χ1n) is 7.55. The molecule has 1 fully saturated rings. The smallest absolute Gasteiger partial charge is 0.162 e. The van der Waals surface area contributed by atoms with E-state index in [2.05, 4.69) is 17.4 Å². The van der Waals surface area contributed by atoms with E-state index in [0.29, 0.717) is 12.3 Å². The third-order valence-corrected chi connectivity index (χ3v) is 4.25. The van der Waals surface area contributed by atoms with Gasteiger partial charge in [0, 0.05) is 12.0 Å². The number of hydrogen-bond acceptors (Lipinski definition) is 2. The Balaban J connectivity index is 1.65. The summed E-state index contributed by atoms with van der Waals surface area (Å²) in [5.74, 6) is 0.953. The number of hydrogen-bond donors (Lipinski definition) is 1. The molecule has 20 heavy (non-hydrogen) atoms. The summed E-state index contributed by atoms with van der Waals surface area (Å²) in [6.07, 6.45) is 4.19. The first kappa shape index (κ1) is 13.3. The lowest BCUT2D eigenvalue weighted by atomic mass is 9.92. The molecule has 0 radical (unpaired) electrons. The Bertz CT molecular complexity index is 599. The van der Waals surface area contributed by atoms with Gasteiger partial charge in [-0.1, -0.05) is 36.4 Å². The van der Waals surface area contributed by atoms with Gasteiger partial charge in [0.25, 0.3) is 0 Å². The molecule has 0 bridgehead atoms. The maximum absolute atomic E-state index is 12.3. The first-order chi connectivity index (χ1) is 9.83. The lowest BCUT2D eigenvalue weighted by Crippen LogP contribution is -2.30. The largest absolute Gasteiger partial charge is 0.316 e. The summed E-state index contributed by atoms with van der Waals surface area (Å²) in [6, 6.07) is 14.2. The molecule has 0 spiro atoms. The third-order valence-electron chi connectivity index (χ3n) is 4.25. The van der Waals surface area contributed by atoms with Crippen LogP contribution in [0.5, 0.6) is 0 Å². The molecule has 104 valence electrons. The number of ketones is 1. The molecular formula is C18H21NO. The van der Waals surface area contributed by atoms with Gasteiger partial charge in [0.1, 0.15) is 0 Å². The van der Waals surface area contributed by atoms with Crippen molar-refractivity contribution in [2.45, 2.75) is 25.7 Å². The lowest BCUT2D eigenvalue weighted by Gasteiger charge is -2.22. The standard InChI is InChI=1S/C18H21NO/c20-18(10-7-14-4-3-11-19-13-14)17-9-8-15-5-1-2-6-16(15)12-17/h1-2,5-6,8-9,12,14,19H,3-4,7,10-11,13H2. The zero-order valence-corrected chi connectivity index (χ0v) is 11.8. The van der Waals surface area contributed by atoms with Crippen molar-refractivity contribution in [2.24, 2.45) is 5.92 Å². The number of fused-ring (bicyclic) bond motifs is 1. The number of carbonyl (C=O) groups is 1. The van der Waals surface area contributed by atoms with E-state index in [9.17, 15) is 4.79 Å². The van der Waals surface area contributed by atoms with Gasteiger partial charge in [-0.3, -0.25) is 4.79 Å². The van der Waals surface area contributed by atoms with E-state index >= 15 is 0 Å². The Morgan fingerprint density at radius 1 is 1.15 bits per heavy atom. The topological polar surface area (TPSA) is 29.1 Å². The van der Waals surface area contributed by atoms with Crippen LogP contribution in [0.4, 0.5) is 0 Å². The summed E-state index contributed by atoms with van der Waals surface area (Å²) < 4.78 is 0. The second-order valence-corrected chi connectivity index (χ2v) is 5.74. The predicted octanol–water partition coefficient (Wildman–Crippen LogP) is 3.80. The Labute approximate surface area is 120 Å². The van der Waals surface area contributed by atoms with Gasteiger partial charge < -0.3 is 5.32 Å². The van der Waals surface area contributed by atoms with Gasteiger partial charge in [0.15, 0.2) is 5.78 Å². The van der Waals surface area contributed by atoms with Crippen LogP contribution in [-0.4, -0.2) is 18.9 Å². The minimum Gasteiger partial charge on any atom is -0.316 e. The van der Waals surface area contributed by atoms with Crippen LogP contribution < -0.4 is 5.32 Å². The van der Waals surface area contributed by atoms with E-state index < -0.39 is 0 Å². The highest BCUT2D eigenvalue weighted by Crippen LogP contribution is 2.20. The molecule has 0 aliphatic carbocycles. The number of Topliss-reactive ketones (excluding diaryl/α,β-unsaturated/α-hetero) is 1. The molecule has 1 heterocycles. The molecule has 3 rings (SSSR count). The molecule has 2 heteroatoms. The molecule has 1 N–H and O–H groups in total. The second kappa shape index (κ2) is 6.19. The number of nitrogens with one attached hydrogen (secondary N) is 1. The van der Waals surface area contributed by atoms with E-state index in [-0.39, 0.29) is 5.78 Å². The molecular weight excluding hydrogens is 246 g/mol. The molecule has 2 aromatic carbocycles. The molecule has 2 aromatic rings. The normalized spacial score (nSPS) is 19.1. The molecule has 0 amide bonds. The first-order valence-corrected chi connectivity index (χ1v) is 7.55. The highest BCUT2D eigenvalue weighted by atomic mass is 16.1. The highest BCUT2D eigenvalue weighted by Gasteiger charge is 2.15. The van der Waals surface area contributed by atoms with Crippen molar-refractivity contribution in [3.8, 4) is 0 Å². The van der Waals surface area contributed by atoms with Gasteiger partial charge in [-0.15, -0.1) is 0 Å². The summed E-state index contributed by atoms with van der Waals surface area (Å²) in [5, 5.41) is 5.76. The zero-order valence-electron chi connectivity index (χ0n) is 11.8. The van der Waals surface area contributed by atoms with Gasteiger partial charge in [0.2, 0.25) is 0 Å². The number of piperidine rings is 1. The van der Waals surface area contributed by atoms with E-state index in [1.165, 1.54) is 18.2 Å². The zero-order chi connectivity index (χ0) is 13.8. The number of rotatable bonds is 4. The second-order valence-electron chi connectivity index (χ2n) is 5.74. The van der Waals surface area contributed by atoms with Crippen LogP contribution in [0.15, 0.2) is 42.5 Å². The molecule has 1 unspecified atom stereocenters. The van der Waals surface area contributed by atoms with Gasteiger partial charge in [0.05, 0.1) is 0 Å². The third kappa shape index (κ3) is 3.07. The Hall–Kier alpha value is -1.67. The Morgan fingerprint density at radius 3 is 2.80 bits per heavy atom. The monoisotopic (exact) mass is 267 g/mol. The highest BCUT2D eigenvalue weighted by molar-refractivity contribution is 5.99.